The lowest BCUT2D eigenvalue weighted by Crippen LogP contribution is -2.54. The van der Waals surface area contributed by atoms with E-state index in [-0.39, 0.29) is 29.8 Å². The molecule has 184 valence electrons. The quantitative estimate of drug-likeness (QED) is 0.589. The third kappa shape index (κ3) is 4.78. The van der Waals surface area contributed by atoms with E-state index in [0.29, 0.717) is 48.7 Å². The number of carbonyl (C=O) groups is 1. The first-order valence-electron chi connectivity index (χ1n) is 11.3. The average molecular weight is 506 g/mol. The number of aromatic nitrogens is 2. The van der Waals surface area contributed by atoms with E-state index in [9.17, 15) is 23.1 Å². The van der Waals surface area contributed by atoms with Crippen LogP contribution in [-0.4, -0.2) is 82.2 Å². The number of amides is 1. The van der Waals surface area contributed by atoms with Crippen molar-refractivity contribution in [3.8, 4) is 0 Å². The summed E-state index contributed by atoms with van der Waals surface area (Å²) in [5, 5.41) is 11.9. The van der Waals surface area contributed by atoms with Crippen LogP contribution in [0, 0.1) is 0 Å². The minimum Gasteiger partial charge on any atom is -0.390 e. The number of hydrogen-bond acceptors (Lipinski definition) is 6. The number of hydrogen-bond donors (Lipinski definition) is 1. The number of carbonyl (C=O) groups excluding carboxylic acids is 1. The number of β-amino-alcohol motifs (C(OH)–C–C–N with tert-alkyl or cyclic N) is 1. The number of nitrogens with zero attached hydrogens (tertiary/aromatic N) is 5. The topological polar surface area (TPSA) is 72.8 Å². The fourth-order valence-electron chi connectivity index (χ4n) is 4.76. The Balaban J connectivity index is 1.30. The summed E-state index contributed by atoms with van der Waals surface area (Å²) in [4.78, 5) is 25.8. The van der Waals surface area contributed by atoms with Crippen LogP contribution >= 0.6 is 11.6 Å². The Morgan fingerprint density at radius 1 is 0.971 bits per heavy atom. The largest absolute Gasteiger partial charge is 0.451 e. The van der Waals surface area contributed by atoms with Crippen LogP contribution in [0.15, 0.2) is 48.5 Å². The Morgan fingerprint density at radius 3 is 2.34 bits per heavy atom. The molecule has 0 radical (unpaired) electrons. The van der Waals surface area contributed by atoms with Gasteiger partial charge in [0, 0.05) is 55.2 Å². The van der Waals surface area contributed by atoms with Gasteiger partial charge < -0.3 is 14.9 Å². The van der Waals surface area contributed by atoms with E-state index in [4.69, 9.17) is 11.6 Å². The molecule has 0 spiro atoms. The summed E-state index contributed by atoms with van der Waals surface area (Å²) in [6.45, 7) is 2.55. The van der Waals surface area contributed by atoms with Crippen LogP contribution in [0.4, 0.5) is 19.0 Å². The summed E-state index contributed by atoms with van der Waals surface area (Å²) in [5.74, 6) is -1.11. The molecule has 2 aromatic carbocycles. The first-order valence-corrected chi connectivity index (χ1v) is 11.6. The molecule has 2 fully saturated rings. The second kappa shape index (κ2) is 9.25. The minimum absolute atomic E-state index is 0.0814. The van der Waals surface area contributed by atoms with E-state index in [1.807, 2.05) is 0 Å². The van der Waals surface area contributed by atoms with E-state index in [1.54, 1.807) is 52.3 Å². The fourth-order valence-corrected chi connectivity index (χ4v) is 4.89. The van der Waals surface area contributed by atoms with Crippen LogP contribution in [0.2, 0.25) is 5.02 Å². The zero-order chi connectivity index (χ0) is 24.7. The second-order valence-corrected chi connectivity index (χ2v) is 9.20. The number of alkyl halides is 3. The molecule has 3 heterocycles. The second-order valence-electron chi connectivity index (χ2n) is 8.76. The monoisotopic (exact) mass is 505 g/mol. The molecule has 2 saturated heterocycles. The van der Waals surface area contributed by atoms with Crippen LogP contribution in [-0.2, 0) is 6.18 Å². The molecule has 0 saturated carbocycles. The van der Waals surface area contributed by atoms with Gasteiger partial charge in [0.25, 0.3) is 5.91 Å². The third-order valence-corrected chi connectivity index (χ3v) is 6.81. The van der Waals surface area contributed by atoms with Gasteiger partial charge in [-0.15, -0.1) is 0 Å². The number of anilines is 1. The first-order chi connectivity index (χ1) is 16.7. The summed E-state index contributed by atoms with van der Waals surface area (Å²) >= 11 is 5.90. The standard InChI is InChI=1S/C24H23ClF3N5O2/c25-16-7-5-15(6-8-16)22(35)32-11-9-31(10-12-32)19-13-33(14-20(19)34)21-17-3-1-2-4-18(17)29-23(30-21)24(26,27)28/h1-8,19-20,34H,9-14H2/t19-,20-/m1/s1. The Labute approximate surface area is 204 Å². The number of halogens is 4. The van der Waals surface area contributed by atoms with Gasteiger partial charge in [0.15, 0.2) is 0 Å². The van der Waals surface area contributed by atoms with Gasteiger partial charge in [0.1, 0.15) is 5.82 Å². The van der Waals surface area contributed by atoms with Gasteiger partial charge in [-0.1, -0.05) is 23.7 Å². The molecule has 11 heteroatoms. The number of benzene rings is 2. The normalized spacial score (nSPS) is 21.6. The first kappa shape index (κ1) is 23.8. The van der Waals surface area contributed by atoms with E-state index in [2.05, 4.69) is 14.9 Å². The molecule has 0 aliphatic carbocycles. The summed E-state index contributed by atoms with van der Waals surface area (Å²) in [6, 6.07) is 13.0. The molecular weight excluding hydrogens is 483 g/mol. The Morgan fingerprint density at radius 2 is 1.66 bits per heavy atom. The van der Waals surface area contributed by atoms with Gasteiger partial charge in [-0.25, -0.2) is 9.97 Å². The number of rotatable bonds is 3. The average Bonchev–Trinajstić information content (AvgIpc) is 3.24. The lowest BCUT2D eigenvalue weighted by Gasteiger charge is -2.38. The molecule has 2 atom stereocenters. The smallest absolute Gasteiger partial charge is 0.390 e. The van der Waals surface area contributed by atoms with Crippen molar-refractivity contribution in [1.82, 2.24) is 19.8 Å². The van der Waals surface area contributed by atoms with Crippen molar-refractivity contribution in [2.45, 2.75) is 18.3 Å². The van der Waals surface area contributed by atoms with Crippen molar-refractivity contribution in [3.05, 3.63) is 64.9 Å². The van der Waals surface area contributed by atoms with Gasteiger partial charge >= 0.3 is 6.18 Å². The van der Waals surface area contributed by atoms with E-state index in [0.717, 1.165) is 0 Å². The molecule has 2 aliphatic rings. The molecule has 1 aromatic heterocycles. The van der Waals surface area contributed by atoms with E-state index in [1.165, 1.54) is 6.07 Å². The van der Waals surface area contributed by atoms with Crippen molar-refractivity contribution >= 4 is 34.2 Å². The maximum atomic E-state index is 13.4. The molecule has 5 rings (SSSR count). The van der Waals surface area contributed by atoms with Gasteiger partial charge in [-0.3, -0.25) is 9.69 Å². The molecule has 0 bridgehead atoms. The number of aliphatic hydroxyl groups is 1. The van der Waals surface area contributed by atoms with Crippen molar-refractivity contribution in [3.63, 3.8) is 0 Å². The van der Waals surface area contributed by atoms with Crippen LogP contribution in [0.1, 0.15) is 16.2 Å². The van der Waals surface area contributed by atoms with Gasteiger partial charge in [-0.05, 0) is 36.4 Å². The highest BCUT2D eigenvalue weighted by Crippen LogP contribution is 2.33. The molecule has 3 aromatic rings. The lowest BCUT2D eigenvalue weighted by atomic mass is 10.1. The summed E-state index contributed by atoms with van der Waals surface area (Å²) in [6.07, 6.45) is -5.44. The lowest BCUT2D eigenvalue weighted by molar-refractivity contribution is -0.144. The van der Waals surface area contributed by atoms with Gasteiger partial charge in [0.2, 0.25) is 5.82 Å². The zero-order valence-electron chi connectivity index (χ0n) is 18.6. The number of para-hydroxylation sites is 1. The Bertz CT molecular complexity index is 1230. The maximum absolute atomic E-state index is 13.4. The Kier molecular flexibility index (Phi) is 6.29. The molecule has 0 unspecified atom stereocenters. The van der Waals surface area contributed by atoms with Crippen molar-refractivity contribution < 1.29 is 23.1 Å². The third-order valence-electron chi connectivity index (χ3n) is 6.56. The van der Waals surface area contributed by atoms with Gasteiger partial charge in [-0.2, -0.15) is 13.2 Å². The fraction of sp³-hybridized carbons (Fsp3) is 0.375. The maximum Gasteiger partial charge on any atom is 0.451 e. The highest BCUT2D eigenvalue weighted by Gasteiger charge is 2.40. The molecule has 7 nitrogen and oxygen atoms in total. The molecule has 1 N–H and O–H groups in total. The highest BCUT2D eigenvalue weighted by molar-refractivity contribution is 6.30. The van der Waals surface area contributed by atoms with Crippen LogP contribution in [0.5, 0.6) is 0 Å². The van der Waals surface area contributed by atoms with Crippen LogP contribution < -0.4 is 4.90 Å². The predicted molar refractivity (Wildman–Crippen MR) is 125 cm³/mol. The Hall–Kier alpha value is -2.95. The number of aliphatic hydroxyl groups excluding tert-OH is 1. The van der Waals surface area contributed by atoms with Crippen molar-refractivity contribution in [2.24, 2.45) is 0 Å². The summed E-state index contributed by atoms with van der Waals surface area (Å²) < 4.78 is 40.3. The van der Waals surface area contributed by atoms with Crippen molar-refractivity contribution in [2.75, 3.05) is 44.2 Å². The zero-order valence-corrected chi connectivity index (χ0v) is 19.4. The van der Waals surface area contributed by atoms with Crippen LogP contribution in [0.25, 0.3) is 10.9 Å². The molecule has 1 amide bonds. The molecule has 35 heavy (non-hydrogen) atoms. The van der Waals surface area contributed by atoms with Crippen LogP contribution in [0.3, 0.4) is 0 Å². The van der Waals surface area contributed by atoms with E-state index < -0.39 is 18.1 Å². The highest BCUT2D eigenvalue weighted by atomic mass is 35.5. The SMILES string of the molecule is O=C(c1ccc(Cl)cc1)N1CCN([C@@H]2CN(c3nc(C(F)(F)F)nc4ccccc34)C[C@H]2O)CC1. The number of piperazine rings is 1. The summed E-state index contributed by atoms with van der Waals surface area (Å²) in [7, 11) is 0. The summed E-state index contributed by atoms with van der Waals surface area (Å²) in [5.41, 5.74) is 0.767. The number of fused-ring (bicyclic) bond motifs is 1. The van der Waals surface area contributed by atoms with E-state index >= 15 is 0 Å². The molecule has 2 aliphatic heterocycles. The molecular formula is C24H23ClF3N5O2. The predicted octanol–water partition coefficient (Wildman–Crippen LogP) is 3.31. The van der Waals surface area contributed by atoms with Gasteiger partial charge in [0.05, 0.1) is 17.7 Å². The van der Waals surface area contributed by atoms with Crippen molar-refractivity contribution in [1.29, 1.82) is 0 Å². The minimum atomic E-state index is -4.68.